The molecule has 3 nitrogen and oxygen atoms in total. The van der Waals surface area contributed by atoms with Crippen molar-refractivity contribution in [2.24, 2.45) is 0 Å². The van der Waals surface area contributed by atoms with Gasteiger partial charge in [0, 0.05) is 23.3 Å². The van der Waals surface area contributed by atoms with Crippen LogP contribution in [-0.2, 0) is 12.8 Å². The third kappa shape index (κ3) is 2.00. The third-order valence-corrected chi connectivity index (χ3v) is 4.83. The molecule has 2 aliphatic rings. The van der Waals surface area contributed by atoms with Gasteiger partial charge in [0.25, 0.3) is 5.91 Å². The van der Waals surface area contributed by atoms with E-state index in [1.54, 1.807) is 16.2 Å². The number of amides is 1. The normalized spacial score (nSPS) is 23.8. The maximum atomic E-state index is 12.3. The number of thiophene rings is 1. The first kappa shape index (κ1) is 11.2. The molecule has 1 aromatic rings. The Morgan fingerprint density at radius 3 is 3.00 bits per heavy atom. The summed E-state index contributed by atoms with van der Waals surface area (Å²) < 4.78 is 0. The Hall–Kier alpha value is -0.870. The second-order valence-electron chi connectivity index (χ2n) is 4.95. The molecular formula is C13H17NO2S. The highest BCUT2D eigenvalue weighted by Gasteiger charge is 2.28. The second-order valence-corrected chi connectivity index (χ2v) is 5.92. The van der Waals surface area contributed by atoms with Crippen molar-refractivity contribution in [2.45, 2.75) is 38.2 Å². The fraction of sp³-hybridized carbons (Fsp3) is 0.615. The van der Waals surface area contributed by atoms with Gasteiger partial charge in [0.15, 0.2) is 0 Å². The third-order valence-electron chi connectivity index (χ3n) is 3.74. The largest absolute Gasteiger partial charge is 0.391 e. The van der Waals surface area contributed by atoms with E-state index in [2.05, 4.69) is 0 Å². The molecule has 0 radical (unpaired) electrons. The molecule has 2 heterocycles. The van der Waals surface area contributed by atoms with Gasteiger partial charge in [0.1, 0.15) is 0 Å². The average molecular weight is 251 g/mol. The summed E-state index contributed by atoms with van der Waals surface area (Å²) in [6.45, 7) is 1.20. The van der Waals surface area contributed by atoms with Crippen LogP contribution in [0.2, 0.25) is 0 Å². The summed E-state index contributed by atoms with van der Waals surface area (Å²) in [6, 6.07) is 0. The Bertz CT molecular complexity index is 441. The van der Waals surface area contributed by atoms with Gasteiger partial charge in [-0.3, -0.25) is 4.79 Å². The van der Waals surface area contributed by atoms with Crippen LogP contribution < -0.4 is 0 Å². The summed E-state index contributed by atoms with van der Waals surface area (Å²) in [5.41, 5.74) is 2.19. The number of fused-ring (bicyclic) bond motifs is 1. The van der Waals surface area contributed by atoms with E-state index < -0.39 is 0 Å². The molecular weight excluding hydrogens is 234 g/mol. The van der Waals surface area contributed by atoms with Crippen molar-refractivity contribution in [1.29, 1.82) is 0 Å². The van der Waals surface area contributed by atoms with Crippen molar-refractivity contribution in [3.63, 3.8) is 0 Å². The molecule has 1 atom stereocenters. The van der Waals surface area contributed by atoms with E-state index in [-0.39, 0.29) is 12.0 Å². The van der Waals surface area contributed by atoms with Crippen LogP contribution in [0.4, 0.5) is 0 Å². The van der Waals surface area contributed by atoms with Crippen molar-refractivity contribution < 1.29 is 9.90 Å². The highest BCUT2D eigenvalue weighted by molar-refractivity contribution is 7.10. The van der Waals surface area contributed by atoms with Crippen LogP contribution >= 0.6 is 11.3 Å². The van der Waals surface area contributed by atoms with Gasteiger partial charge in [-0.15, -0.1) is 11.3 Å². The molecule has 1 saturated heterocycles. The van der Waals surface area contributed by atoms with Crippen LogP contribution in [0.1, 0.15) is 40.1 Å². The van der Waals surface area contributed by atoms with Gasteiger partial charge >= 0.3 is 0 Å². The lowest BCUT2D eigenvalue weighted by molar-refractivity contribution is 0.0764. The standard InChI is InChI=1S/C13H17NO2S/c15-9-5-6-14(7-9)13(16)11-8-17-12-4-2-1-3-10(11)12/h8-9,15H,1-7H2/t9-/m1/s1. The molecule has 1 aromatic heterocycles. The van der Waals surface area contributed by atoms with Crippen molar-refractivity contribution in [3.05, 3.63) is 21.4 Å². The minimum atomic E-state index is -0.326. The number of rotatable bonds is 1. The Morgan fingerprint density at radius 2 is 2.24 bits per heavy atom. The molecule has 1 aliphatic carbocycles. The van der Waals surface area contributed by atoms with Crippen molar-refractivity contribution in [3.8, 4) is 0 Å². The van der Waals surface area contributed by atoms with Gasteiger partial charge in [-0.25, -0.2) is 0 Å². The fourth-order valence-electron chi connectivity index (χ4n) is 2.77. The predicted molar refractivity (Wildman–Crippen MR) is 67.5 cm³/mol. The number of β-amino-alcohol motifs (C(OH)–C–C–N with tert-alkyl or cyclic N) is 1. The van der Waals surface area contributed by atoms with E-state index >= 15 is 0 Å². The van der Waals surface area contributed by atoms with Crippen LogP contribution in [0.3, 0.4) is 0 Å². The van der Waals surface area contributed by atoms with Gasteiger partial charge in [-0.1, -0.05) is 0 Å². The lowest BCUT2D eigenvalue weighted by Gasteiger charge is -2.17. The number of aliphatic hydroxyl groups excluding tert-OH is 1. The zero-order chi connectivity index (χ0) is 11.8. The Morgan fingerprint density at radius 1 is 1.41 bits per heavy atom. The van der Waals surface area contributed by atoms with Crippen molar-refractivity contribution >= 4 is 17.2 Å². The topological polar surface area (TPSA) is 40.5 Å². The summed E-state index contributed by atoms with van der Waals surface area (Å²) in [7, 11) is 0. The van der Waals surface area contributed by atoms with Crippen LogP contribution in [0.15, 0.2) is 5.38 Å². The van der Waals surface area contributed by atoms with Crippen molar-refractivity contribution in [1.82, 2.24) is 4.90 Å². The smallest absolute Gasteiger partial charge is 0.255 e. The molecule has 0 saturated carbocycles. The predicted octanol–water partition coefficient (Wildman–Crippen LogP) is 1.83. The number of carbonyl (C=O) groups is 1. The van der Waals surface area contributed by atoms with Crippen molar-refractivity contribution in [2.75, 3.05) is 13.1 Å². The van der Waals surface area contributed by atoms with Gasteiger partial charge in [0.2, 0.25) is 0 Å². The van der Waals surface area contributed by atoms with Gasteiger partial charge in [0.05, 0.1) is 11.7 Å². The minimum absolute atomic E-state index is 0.126. The molecule has 1 fully saturated rings. The molecule has 92 valence electrons. The van der Waals surface area contributed by atoms with E-state index in [1.165, 1.54) is 23.3 Å². The number of hydrogen-bond acceptors (Lipinski definition) is 3. The summed E-state index contributed by atoms with van der Waals surface area (Å²) in [4.78, 5) is 15.5. The average Bonchev–Trinajstić information content (AvgIpc) is 2.94. The van der Waals surface area contributed by atoms with Crippen LogP contribution in [-0.4, -0.2) is 35.1 Å². The number of hydrogen-bond donors (Lipinski definition) is 1. The fourth-order valence-corrected chi connectivity index (χ4v) is 3.89. The number of nitrogens with zero attached hydrogens (tertiary/aromatic N) is 1. The van der Waals surface area contributed by atoms with E-state index in [1.807, 2.05) is 5.38 Å². The zero-order valence-electron chi connectivity index (χ0n) is 9.82. The number of likely N-dealkylation sites (tertiary alicyclic amines) is 1. The number of carbonyl (C=O) groups excluding carboxylic acids is 1. The molecule has 17 heavy (non-hydrogen) atoms. The maximum absolute atomic E-state index is 12.3. The van der Waals surface area contributed by atoms with Gasteiger partial charge < -0.3 is 10.0 Å². The molecule has 0 spiro atoms. The second kappa shape index (κ2) is 4.42. The first-order valence-electron chi connectivity index (χ1n) is 6.32. The number of aliphatic hydroxyl groups is 1. The molecule has 1 aliphatic heterocycles. The monoisotopic (exact) mass is 251 g/mol. The van der Waals surface area contributed by atoms with Gasteiger partial charge in [-0.2, -0.15) is 0 Å². The minimum Gasteiger partial charge on any atom is -0.391 e. The first-order valence-corrected chi connectivity index (χ1v) is 7.20. The lowest BCUT2D eigenvalue weighted by atomic mass is 9.95. The molecule has 0 unspecified atom stereocenters. The summed E-state index contributed by atoms with van der Waals surface area (Å²) in [6.07, 6.45) is 5.04. The molecule has 4 heteroatoms. The Kier molecular flexibility index (Phi) is 2.92. The lowest BCUT2D eigenvalue weighted by Crippen LogP contribution is -2.30. The molecule has 3 rings (SSSR count). The van der Waals surface area contributed by atoms with E-state index in [9.17, 15) is 9.90 Å². The highest BCUT2D eigenvalue weighted by atomic mass is 32.1. The molecule has 1 amide bonds. The first-order chi connectivity index (χ1) is 8.25. The molecule has 0 aromatic carbocycles. The Labute approximate surface area is 105 Å². The van der Waals surface area contributed by atoms with E-state index in [0.717, 1.165) is 24.8 Å². The van der Waals surface area contributed by atoms with Crippen LogP contribution in [0.5, 0.6) is 0 Å². The molecule has 0 bridgehead atoms. The number of aryl methyl sites for hydroxylation is 1. The Balaban J connectivity index is 1.84. The highest BCUT2D eigenvalue weighted by Crippen LogP contribution is 2.31. The zero-order valence-corrected chi connectivity index (χ0v) is 10.6. The van der Waals surface area contributed by atoms with E-state index in [0.29, 0.717) is 13.1 Å². The summed E-state index contributed by atoms with van der Waals surface area (Å²) in [5, 5.41) is 11.5. The summed E-state index contributed by atoms with van der Waals surface area (Å²) >= 11 is 1.73. The molecule has 1 N–H and O–H groups in total. The quantitative estimate of drug-likeness (QED) is 0.827. The van der Waals surface area contributed by atoms with Crippen LogP contribution in [0.25, 0.3) is 0 Å². The maximum Gasteiger partial charge on any atom is 0.255 e. The van der Waals surface area contributed by atoms with E-state index in [4.69, 9.17) is 0 Å². The SMILES string of the molecule is O=C(c1csc2c1CCCC2)N1CC[C@@H](O)C1. The van der Waals surface area contributed by atoms with Gasteiger partial charge in [-0.05, 0) is 37.7 Å². The van der Waals surface area contributed by atoms with Crippen LogP contribution in [0, 0.1) is 0 Å². The summed E-state index contributed by atoms with van der Waals surface area (Å²) in [5.74, 6) is 0.126.